The third-order valence-electron chi connectivity index (χ3n) is 3.87. The van der Waals surface area contributed by atoms with Crippen molar-refractivity contribution in [3.8, 4) is 11.6 Å². The molecule has 0 radical (unpaired) electrons. The number of nitrogens with one attached hydrogen (secondary N) is 1. The molecule has 0 fully saturated rings. The third kappa shape index (κ3) is 2.90. The van der Waals surface area contributed by atoms with Crippen molar-refractivity contribution >= 4 is 16.8 Å². The molecule has 2 aromatic carbocycles. The van der Waals surface area contributed by atoms with Gasteiger partial charge in [0.1, 0.15) is 5.75 Å². The molecule has 0 unspecified atom stereocenters. The number of nitrogens with zero attached hydrogens (tertiary/aromatic N) is 2. The number of aryl methyl sites for hydroxylation is 1. The fourth-order valence-corrected chi connectivity index (χ4v) is 2.69. The zero-order chi connectivity index (χ0) is 17.1. The van der Waals surface area contributed by atoms with E-state index in [0.717, 1.165) is 22.2 Å². The summed E-state index contributed by atoms with van der Waals surface area (Å²) in [7, 11) is 5.02. The fraction of sp³-hybridized carbons (Fsp3) is 0.222. The number of methoxy groups -OCH3 is 2. The predicted molar refractivity (Wildman–Crippen MR) is 91.4 cm³/mol. The molecule has 1 heterocycles. The zero-order valence-electron chi connectivity index (χ0n) is 13.9. The van der Waals surface area contributed by atoms with E-state index in [1.165, 1.54) is 0 Å². The van der Waals surface area contributed by atoms with Crippen LogP contribution in [0.4, 0.5) is 0 Å². The summed E-state index contributed by atoms with van der Waals surface area (Å²) >= 11 is 0. The van der Waals surface area contributed by atoms with E-state index < -0.39 is 0 Å². The van der Waals surface area contributed by atoms with Gasteiger partial charge in [-0.3, -0.25) is 4.79 Å². The van der Waals surface area contributed by atoms with E-state index in [-0.39, 0.29) is 5.91 Å². The Morgan fingerprint density at radius 3 is 2.71 bits per heavy atom. The molecule has 1 amide bonds. The quantitative estimate of drug-likeness (QED) is 0.783. The molecule has 124 valence electrons. The van der Waals surface area contributed by atoms with Crippen molar-refractivity contribution in [3.05, 3.63) is 53.6 Å². The van der Waals surface area contributed by atoms with Gasteiger partial charge in [-0.25, -0.2) is 4.68 Å². The molecular formula is C18H19N3O3. The van der Waals surface area contributed by atoms with Gasteiger partial charge in [0.2, 0.25) is 5.88 Å². The molecule has 3 aromatic rings. The third-order valence-corrected chi connectivity index (χ3v) is 3.87. The number of amides is 1. The molecule has 1 N–H and O–H groups in total. The van der Waals surface area contributed by atoms with Crippen LogP contribution in [-0.4, -0.2) is 29.9 Å². The van der Waals surface area contributed by atoms with E-state index in [1.807, 2.05) is 30.3 Å². The number of hydrogen-bond donors (Lipinski definition) is 1. The second-order valence-corrected chi connectivity index (χ2v) is 5.36. The van der Waals surface area contributed by atoms with Crippen LogP contribution in [0.3, 0.4) is 0 Å². The Morgan fingerprint density at radius 2 is 1.96 bits per heavy atom. The van der Waals surface area contributed by atoms with Crippen LogP contribution in [0.15, 0.2) is 42.5 Å². The lowest BCUT2D eigenvalue weighted by atomic mass is 10.1. The Bertz CT molecular complexity index is 886. The number of benzene rings is 2. The minimum atomic E-state index is -0.160. The summed E-state index contributed by atoms with van der Waals surface area (Å²) < 4.78 is 12.3. The highest BCUT2D eigenvalue weighted by Gasteiger charge is 2.13. The van der Waals surface area contributed by atoms with E-state index in [9.17, 15) is 4.79 Å². The first kappa shape index (κ1) is 15.9. The summed E-state index contributed by atoms with van der Waals surface area (Å²) in [6, 6.07) is 13.0. The average Bonchev–Trinajstić information content (AvgIpc) is 2.93. The number of para-hydroxylation sites is 1. The number of carbonyl (C=O) groups is 1. The molecule has 0 saturated heterocycles. The summed E-state index contributed by atoms with van der Waals surface area (Å²) in [5.41, 5.74) is 2.20. The predicted octanol–water partition coefficient (Wildman–Crippen LogP) is 2.52. The van der Waals surface area contributed by atoms with Gasteiger partial charge >= 0.3 is 0 Å². The maximum atomic E-state index is 12.4. The van der Waals surface area contributed by atoms with Crippen molar-refractivity contribution in [2.75, 3.05) is 14.2 Å². The first-order valence-corrected chi connectivity index (χ1v) is 7.55. The number of ether oxygens (including phenoxy) is 2. The van der Waals surface area contributed by atoms with Crippen LogP contribution in [0.5, 0.6) is 11.6 Å². The lowest BCUT2D eigenvalue weighted by molar-refractivity contribution is 0.0951. The molecule has 0 atom stereocenters. The summed E-state index contributed by atoms with van der Waals surface area (Å²) in [6.07, 6.45) is 0. The maximum Gasteiger partial charge on any atom is 0.251 e. The van der Waals surface area contributed by atoms with E-state index in [4.69, 9.17) is 9.47 Å². The van der Waals surface area contributed by atoms with Crippen LogP contribution < -0.4 is 14.8 Å². The standard InChI is InChI=1S/C18H19N3O3/c1-21-18(24-3)14-9-8-12(10-15(14)20-21)17(22)19-11-13-6-4-5-7-16(13)23-2/h4-10H,11H2,1-3H3,(H,19,22). The number of carbonyl (C=O) groups excluding carboxylic acids is 1. The number of fused-ring (bicyclic) bond motifs is 1. The molecule has 1 aromatic heterocycles. The monoisotopic (exact) mass is 325 g/mol. The lowest BCUT2D eigenvalue weighted by Gasteiger charge is -2.09. The van der Waals surface area contributed by atoms with Crippen molar-refractivity contribution in [1.29, 1.82) is 0 Å². The van der Waals surface area contributed by atoms with Crippen molar-refractivity contribution in [1.82, 2.24) is 15.1 Å². The highest BCUT2D eigenvalue weighted by atomic mass is 16.5. The largest absolute Gasteiger partial charge is 0.496 e. The second kappa shape index (κ2) is 6.62. The SMILES string of the molecule is COc1ccccc1CNC(=O)c1ccc2c(OC)n(C)nc2c1. The molecule has 0 aliphatic heterocycles. The average molecular weight is 325 g/mol. The van der Waals surface area contributed by atoms with E-state index in [1.54, 1.807) is 38.1 Å². The van der Waals surface area contributed by atoms with E-state index in [0.29, 0.717) is 18.0 Å². The van der Waals surface area contributed by atoms with Gasteiger partial charge in [-0.15, -0.1) is 0 Å². The van der Waals surface area contributed by atoms with Crippen LogP contribution in [0.2, 0.25) is 0 Å². The Hall–Kier alpha value is -3.02. The second-order valence-electron chi connectivity index (χ2n) is 5.36. The molecule has 3 rings (SSSR count). The Morgan fingerprint density at radius 1 is 1.17 bits per heavy atom. The van der Waals surface area contributed by atoms with Gasteiger partial charge in [0.25, 0.3) is 5.91 Å². The molecule has 6 heteroatoms. The van der Waals surface area contributed by atoms with Crippen LogP contribution >= 0.6 is 0 Å². The Labute approximate surface area is 140 Å². The Kier molecular flexibility index (Phi) is 4.37. The fourth-order valence-electron chi connectivity index (χ4n) is 2.69. The summed E-state index contributed by atoms with van der Waals surface area (Å²) in [5, 5.41) is 8.15. The minimum Gasteiger partial charge on any atom is -0.496 e. The highest BCUT2D eigenvalue weighted by Crippen LogP contribution is 2.25. The van der Waals surface area contributed by atoms with Gasteiger partial charge in [0, 0.05) is 24.7 Å². The zero-order valence-corrected chi connectivity index (χ0v) is 13.9. The molecular weight excluding hydrogens is 306 g/mol. The first-order chi connectivity index (χ1) is 11.6. The maximum absolute atomic E-state index is 12.4. The van der Waals surface area contributed by atoms with Crippen molar-refractivity contribution < 1.29 is 14.3 Å². The molecule has 0 bridgehead atoms. The molecule has 0 aliphatic rings. The van der Waals surface area contributed by atoms with Gasteiger partial charge in [0.05, 0.1) is 25.1 Å². The first-order valence-electron chi connectivity index (χ1n) is 7.55. The molecule has 0 spiro atoms. The molecule has 6 nitrogen and oxygen atoms in total. The smallest absolute Gasteiger partial charge is 0.251 e. The van der Waals surface area contributed by atoms with E-state index in [2.05, 4.69) is 10.4 Å². The molecule has 0 aliphatic carbocycles. The van der Waals surface area contributed by atoms with Gasteiger partial charge in [0.15, 0.2) is 0 Å². The number of rotatable bonds is 5. The molecule has 0 saturated carbocycles. The van der Waals surface area contributed by atoms with Crippen LogP contribution in [0.1, 0.15) is 15.9 Å². The van der Waals surface area contributed by atoms with Gasteiger partial charge in [-0.1, -0.05) is 18.2 Å². The van der Waals surface area contributed by atoms with Crippen LogP contribution in [0.25, 0.3) is 10.9 Å². The van der Waals surface area contributed by atoms with Crippen LogP contribution in [0, 0.1) is 0 Å². The van der Waals surface area contributed by atoms with Gasteiger partial charge < -0.3 is 14.8 Å². The van der Waals surface area contributed by atoms with Gasteiger partial charge in [-0.2, -0.15) is 5.10 Å². The van der Waals surface area contributed by atoms with Crippen LogP contribution in [-0.2, 0) is 13.6 Å². The number of hydrogen-bond acceptors (Lipinski definition) is 4. The Balaban J connectivity index is 1.79. The minimum absolute atomic E-state index is 0.160. The summed E-state index contributed by atoms with van der Waals surface area (Å²) in [4.78, 5) is 12.4. The van der Waals surface area contributed by atoms with Crippen molar-refractivity contribution in [2.45, 2.75) is 6.54 Å². The summed E-state index contributed by atoms with van der Waals surface area (Å²) in [6.45, 7) is 0.395. The number of aromatic nitrogens is 2. The lowest BCUT2D eigenvalue weighted by Crippen LogP contribution is -2.23. The normalized spacial score (nSPS) is 10.6. The van der Waals surface area contributed by atoms with E-state index >= 15 is 0 Å². The highest BCUT2D eigenvalue weighted by molar-refractivity contribution is 5.98. The van der Waals surface area contributed by atoms with Crippen molar-refractivity contribution in [3.63, 3.8) is 0 Å². The molecule has 24 heavy (non-hydrogen) atoms. The van der Waals surface area contributed by atoms with Crippen molar-refractivity contribution in [2.24, 2.45) is 7.05 Å². The summed E-state index contributed by atoms with van der Waals surface area (Å²) in [5.74, 6) is 1.26. The topological polar surface area (TPSA) is 65.4 Å². The van der Waals surface area contributed by atoms with Gasteiger partial charge in [-0.05, 0) is 24.3 Å².